The van der Waals surface area contributed by atoms with Crippen LogP contribution < -0.4 is 10.2 Å². The number of benzene rings is 2. The highest BCUT2D eigenvalue weighted by Crippen LogP contribution is 2.44. The zero-order valence-electron chi connectivity index (χ0n) is 18.4. The molecule has 2 aromatic rings. The van der Waals surface area contributed by atoms with Gasteiger partial charge in [0.05, 0.1) is 37.6 Å². The molecule has 2 aliphatic heterocycles. The predicted molar refractivity (Wildman–Crippen MR) is 132 cm³/mol. The molecule has 0 spiro atoms. The Kier molecular flexibility index (Phi) is 7.16. The third-order valence-electron chi connectivity index (χ3n) is 5.34. The van der Waals surface area contributed by atoms with E-state index in [9.17, 15) is 40.5 Å². The molecule has 4 rings (SSSR count). The molecule has 1 N–H and O–H groups in total. The van der Waals surface area contributed by atoms with Crippen LogP contribution in [0.4, 0.5) is 24.5 Å². The minimum absolute atomic E-state index is 0.0397. The van der Waals surface area contributed by atoms with Crippen molar-refractivity contribution in [1.29, 1.82) is 0 Å². The lowest BCUT2D eigenvalue weighted by Crippen LogP contribution is -2.36. The van der Waals surface area contributed by atoms with Crippen molar-refractivity contribution >= 4 is 73.1 Å². The molecular formula is C22H15F3N3O6S3-. The van der Waals surface area contributed by atoms with Crippen molar-refractivity contribution in [1.82, 2.24) is 4.90 Å². The molecule has 0 aliphatic carbocycles. The number of alkyl halides is 3. The summed E-state index contributed by atoms with van der Waals surface area (Å²) < 4.78 is 71.9. The summed E-state index contributed by atoms with van der Waals surface area (Å²) in [5, 5.41) is 2.33. The number of hydrogen-bond donors (Lipinski definition) is 1. The monoisotopic (exact) mass is 570 g/mol. The minimum Gasteiger partial charge on any atom is -0.748 e. The lowest BCUT2D eigenvalue weighted by Gasteiger charge is -2.17. The van der Waals surface area contributed by atoms with Gasteiger partial charge in [-0.05, 0) is 24.3 Å². The fourth-order valence-electron chi connectivity index (χ4n) is 3.72. The molecule has 0 saturated carbocycles. The summed E-state index contributed by atoms with van der Waals surface area (Å²) in [6.07, 6.45) is -4.61. The first-order chi connectivity index (χ1) is 17.3. The van der Waals surface area contributed by atoms with Crippen molar-refractivity contribution in [2.45, 2.75) is 6.18 Å². The van der Waals surface area contributed by atoms with E-state index < -0.39 is 58.4 Å². The third-order valence-corrected chi connectivity index (χ3v) is 7.47. The average molecular weight is 571 g/mol. The largest absolute Gasteiger partial charge is 0.748 e. The van der Waals surface area contributed by atoms with Crippen LogP contribution in [0.2, 0.25) is 0 Å². The topological polar surface area (TPSA) is 127 Å². The van der Waals surface area contributed by atoms with E-state index in [0.717, 1.165) is 39.8 Å². The van der Waals surface area contributed by atoms with Crippen LogP contribution in [0.15, 0.2) is 53.4 Å². The van der Waals surface area contributed by atoms with Gasteiger partial charge in [-0.2, -0.15) is 13.2 Å². The Hall–Kier alpha value is -3.27. The van der Waals surface area contributed by atoms with Crippen LogP contribution in [0.5, 0.6) is 0 Å². The van der Waals surface area contributed by atoms with Gasteiger partial charge in [0.1, 0.15) is 10.9 Å². The Bertz CT molecular complexity index is 1470. The van der Waals surface area contributed by atoms with Crippen molar-refractivity contribution in [2.75, 3.05) is 29.1 Å². The number of fused-ring (bicyclic) bond motifs is 1. The average Bonchev–Trinajstić information content (AvgIpc) is 3.23. The maximum absolute atomic E-state index is 13.4. The van der Waals surface area contributed by atoms with E-state index in [-0.39, 0.29) is 26.2 Å². The van der Waals surface area contributed by atoms with Gasteiger partial charge < -0.3 is 9.87 Å². The van der Waals surface area contributed by atoms with Gasteiger partial charge >= 0.3 is 6.18 Å². The lowest BCUT2D eigenvalue weighted by molar-refractivity contribution is -0.137. The van der Waals surface area contributed by atoms with Crippen molar-refractivity contribution in [2.24, 2.45) is 0 Å². The molecule has 1 fully saturated rings. The Labute approximate surface area is 218 Å². The summed E-state index contributed by atoms with van der Waals surface area (Å²) in [5.41, 5.74) is -0.533. The molecule has 3 amide bonds. The van der Waals surface area contributed by atoms with Crippen LogP contribution in [0.3, 0.4) is 0 Å². The summed E-state index contributed by atoms with van der Waals surface area (Å²) in [5.74, 6) is -3.13. The van der Waals surface area contributed by atoms with Crippen molar-refractivity contribution in [3.05, 3.63) is 64.6 Å². The molecule has 1 saturated heterocycles. The van der Waals surface area contributed by atoms with Crippen LogP contribution >= 0.6 is 24.0 Å². The first-order valence-corrected chi connectivity index (χ1v) is 13.2. The van der Waals surface area contributed by atoms with Crippen molar-refractivity contribution < 1.29 is 40.5 Å². The number of hydrogen-bond acceptors (Lipinski definition) is 8. The van der Waals surface area contributed by atoms with E-state index in [2.05, 4.69) is 5.32 Å². The van der Waals surface area contributed by atoms with Gasteiger partial charge in [-0.15, -0.1) is 0 Å². The molecule has 15 heteroatoms. The van der Waals surface area contributed by atoms with Gasteiger partial charge in [0.2, 0.25) is 5.91 Å². The summed E-state index contributed by atoms with van der Waals surface area (Å²) >= 11 is 5.89. The standard InChI is InChI=1S/C22H16F3N3O6S3/c23-22(24,25)12-4-3-5-13(10-12)26-16(29)11-28-15-7-2-1-6-14(15)17(19(28)30)18-20(31)27(21(35)36-18)8-9-37(32,33)34/h1-7,10H,8-9,11H2,(H,26,29)(H,32,33,34)/p-1/b18-17-. The second kappa shape index (κ2) is 9.89. The molecule has 0 bridgehead atoms. The molecule has 2 heterocycles. The van der Waals surface area contributed by atoms with Gasteiger partial charge in [-0.25, -0.2) is 8.42 Å². The van der Waals surface area contributed by atoms with Crippen molar-refractivity contribution in [3.8, 4) is 0 Å². The van der Waals surface area contributed by atoms with E-state index in [1.165, 1.54) is 12.1 Å². The number of carbonyl (C=O) groups excluding carboxylic acids is 3. The van der Waals surface area contributed by atoms with E-state index in [0.29, 0.717) is 5.56 Å². The van der Waals surface area contributed by atoms with Crippen molar-refractivity contribution in [3.63, 3.8) is 0 Å². The third kappa shape index (κ3) is 5.69. The Morgan fingerprint density at radius 3 is 2.43 bits per heavy atom. The second-order valence-corrected chi connectivity index (χ2v) is 11.0. The Morgan fingerprint density at radius 2 is 1.76 bits per heavy atom. The first kappa shape index (κ1) is 26.8. The predicted octanol–water partition coefficient (Wildman–Crippen LogP) is 2.81. The second-order valence-electron chi connectivity index (χ2n) is 7.83. The maximum Gasteiger partial charge on any atom is 0.416 e. The number of halogens is 3. The smallest absolute Gasteiger partial charge is 0.416 e. The number of para-hydroxylation sites is 1. The van der Waals surface area contributed by atoms with Gasteiger partial charge in [-0.1, -0.05) is 48.2 Å². The molecule has 2 aromatic carbocycles. The van der Waals surface area contributed by atoms with Gasteiger partial charge in [-0.3, -0.25) is 24.2 Å². The number of nitrogens with zero attached hydrogens (tertiary/aromatic N) is 2. The fourth-order valence-corrected chi connectivity index (χ4v) is 5.51. The summed E-state index contributed by atoms with van der Waals surface area (Å²) in [4.78, 5) is 40.9. The highest BCUT2D eigenvalue weighted by Gasteiger charge is 2.42. The van der Waals surface area contributed by atoms with Gasteiger partial charge in [0.15, 0.2) is 0 Å². The number of amides is 3. The van der Waals surface area contributed by atoms with Crippen LogP contribution in [0.25, 0.3) is 5.57 Å². The molecule has 0 unspecified atom stereocenters. The summed E-state index contributed by atoms with van der Waals surface area (Å²) in [6, 6.07) is 10.3. The minimum atomic E-state index is -4.62. The highest BCUT2D eigenvalue weighted by molar-refractivity contribution is 8.26. The number of thioether (sulfide) groups is 1. The van der Waals surface area contributed by atoms with Crippen LogP contribution in [0, 0.1) is 0 Å². The fraction of sp³-hybridized carbons (Fsp3) is 0.182. The van der Waals surface area contributed by atoms with Gasteiger partial charge in [0, 0.05) is 17.8 Å². The summed E-state index contributed by atoms with van der Waals surface area (Å²) in [6.45, 7) is -1.05. The Morgan fingerprint density at radius 1 is 1.05 bits per heavy atom. The van der Waals surface area contributed by atoms with Gasteiger partial charge in [0.25, 0.3) is 11.8 Å². The SMILES string of the molecule is O=C(CN1C(=O)/C(=C2\SC(=S)N(CCS(=O)(=O)[O-])C2=O)c2ccccc21)Nc1cccc(C(F)(F)F)c1. The molecule has 9 nitrogen and oxygen atoms in total. The normalized spacial score (nSPS) is 18.0. The van der Waals surface area contributed by atoms with Crippen LogP contribution in [0.1, 0.15) is 11.1 Å². The van der Waals surface area contributed by atoms with Crippen LogP contribution in [-0.2, 0) is 30.7 Å². The van der Waals surface area contributed by atoms with E-state index >= 15 is 0 Å². The quantitative estimate of drug-likeness (QED) is 0.319. The first-order valence-electron chi connectivity index (χ1n) is 10.4. The molecule has 194 valence electrons. The molecule has 37 heavy (non-hydrogen) atoms. The highest BCUT2D eigenvalue weighted by atomic mass is 32.2. The molecular weight excluding hydrogens is 555 g/mol. The van der Waals surface area contributed by atoms with Crippen LogP contribution in [-0.4, -0.2) is 58.8 Å². The molecule has 0 atom stereocenters. The molecule has 2 aliphatic rings. The molecule has 0 aromatic heterocycles. The van der Waals surface area contributed by atoms with E-state index in [1.807, 2.05) is 0 Å². The number of rotatable bonds is 6. The van der Waals surface area contributed by atoms with E-state index in [1.54, 1.807) is 18.2 Å². The zero-order chi connectivity index (χ0) is 27.1. The number of nitrogens with one attached hydrogen (secondary N) is 1. The number of carbonyl (C=O) groups is 3. The lowest BCUT2D eigenvalue weighted by atomic mass is 10.1. The number of anilines is 2. The number of thiocarbonyl (C=S) groups is 1. The summed E-state index contributed by atoms with van der Waals surface area (Å²) in [7, 11) is -4.62. The van der Waals surface area contributed by atoms with E-state index in [4.69, 9.17) is 12.2 Å². The molecule has 0 radical (unpaired) electrons. The maximum atomic E-state index is 13.4. The zero-order valence-corrected chi connectivity index (χ0v) is 20.9. The Balaban J connectivity index is 1.60.